The van der Waals surface area contributed by atoms with Crippen molar-refractivity contribution in [2.45, 2.75) is 25.0 Å². The summed E-state index contributed by atoms with van der Waals surface area (Å²) in [5.74, 6) is 0.692. The Morgan fingerprint density at radius 1 is 1.00 bits per heavy atom. The van der Waals surface area contributed by atoms with Crippen molar-refractivity contribution < 1.29 is 13.2 Å². The van der Waals surface area contributed by atoms with Crippen molar-refractivity contribution >= 4 is 27.4 Å². The number of hydrogen-bond donors (Lipinski definition) is 1. The summed E-state index contributed by atoms with van der Waals surface area (Å²) in [6.45, 7) is 2.83. The molecule has 36 heavy (non-hydrogen) atoms. The average Bonchev–Trinajstić information content (AvgIpc) is 2.87. The Morgan fingerprint density at radius 2 is 1.81 bits per heavy atom. The summed E-state index contributed by atoms with van der Waals surface area (Å²) >= 11 is 0. The second kappa shape index (κ2) is 9.42. The highest BCUT2D eigenvalue weighted by Gasteiger charge is 2.29. The molecular formula is C25H23N7O3S. The van der Waals surface area contributed by atoms with Gasteiger partial charge in [0.25, 0.3) is 5.91 Å². The van der Waals surface area contributed by atoms with Gasteiger partial charge in [0.1, 0.15) is 18.0 Å². The molecule has 1 aliphatic heterocycles. The van der Waals surface area contributed by atoms with Crippen LogP contribution in [0.1, 0.15) is 27.3 Å². The van der Waals surface area contributed by atoms with Crippen LogP contribution in [0.3, 0.4) is 0 Å². The number of nitrogens with zero attached hydrogens (tertiary/aromatic N) is 6. The summed E-state index contributed by atoms with van der Waals surface area (Å²) in [7, 11) is -3.55. The molecule has 182 valence electrons. The molecule has 0 radical (unpaired) electrons. The van der Waals surface area contributed by atoms with E-state index in [1.807, 2.05) is 19.1 Å². The SMILES string of the molecule is Cc1cc(-c2ccc(CNc3cc(N4CCc5nc(S(C)(=O)=O)ncc5C4=O)ncn3)cc2)ccn1. The average molecular weight is 502 g/mol. The molecule has 1 amide bonds. The molecule has 0 atom stereocenters. The molecule has 4 heterocycles. The highest BCUT2D eigenvalue weighted by molar-refractivity contribution is 7.90. The third kappa shape index (κ3) is 4.91. The fourth-order valence-corrected chi connectivity index (χ4v) is 4.47. The minimum atomic E-state index is -3.55. The molecule has 0 spiro atoms. The normalized spacial score (nSPS) is 13.4. The third-order valence-electron chi connectivity index (χ3n) is 5.81. The molecule has 3 aromatic heterocycles. The minimum absolute atomic E-state index is 0.270. The second-order valence-electron chi connectivity index (χ2n) is 8.49. The number of hydrogen-bond acceptors (Lipinski definition) is 9. The van der Waals surface area contributed by atoms with E-state index in [0.29, 0.717) is 36.8 Å². The van der Waals surface area contributed by atoms with Crippen LogP contribution in [0, 0.1) is 6.92 Å². The molecule has 0 saturated heterocycles. The van der Waals surface area contributed by atoms with Crippen LogP contribution in [0.15, 0.2) is 66.3 Å². The van der Waals surface area contributed by atoms with Gasteiger partial charge < -0.3 is 5.32 Å². The van der Waals surface area contributed by atoms with E-state index in [4.69, 9.17) is 0 Å². The Kier molecular flexibility index (Phi) is 6.15. The van der Waals surface area contributed by atoms with Gasteiger partial charge in [-0.25, -0.2) is 28.4 Å². The summed E-state index contributed by atoms with van der Waals surface area (Å²) in [6, 6.07) is 14.0. The number of pyridine rings is 1. The highest BCUT2D eigenvalue weighted by atomic mass is 32.2. The topological polar surface area (TPSA) is 131 Å². The van der Waals surface area contributed by atoms with Gasteiger partial charge in [0.05, 0.1) is 11.3 Å². The summed E-state index contributed by atoms with van der Waals surface area (Å²) < 4.78 is 23.5. The first-order chi connectivity index (χ1) is 17.3. The molecule has 1 aromatic carbocycles. The summed E-state index contributed by atoms with van der Waals surface area (Å²) in [4.78, 5) is 35.3. The Labute approximate surface area is 208 Å². The first-order valence-corrected chi connectivity index (χ1v) is 13.1. The highest BCUT2D eigenvalue weighted by Crippen LogP contribution is 2.24. The molecule has 0 aliphatic carbocycles. The number of rotatable bonds is 6. The zero-order valence-electron chi connectivity index (χ0n) is 19.7. The molecular weight excluding hydrogens is 478 g/mol. The van der Waals surface area contributed by atoms with Crippen molar-refractivity contribution in [2.24, 2.45) is 0 Å². The summed E-state index contributed by atoms with van der Waals surface area (Å²) in [5, 5.41) is 3.00. The predicted octanol–water partition coefficient (Wildman–Crippen LogP) is 2.86. The lowest BCUT2D eigenvalue weighted by Gasteiger charge is -2.27. The van der Waals surface area contributed by atoms with Crippen LogP contribution in [0.25, 0.3) is 11.1 Å². The minimum Gasteiger partial charge on any atom is -0.366 e. The number of carbonyl (C=O) groups excluding carboxylic acids is 1. The first-order valence-electron chi connectivity index (χ1n) is 11.2. The summed E-state index contributed by atoms with van der Waals surface area (Å²) in [5.41, 5.74) is 4.97. The lowest BCUT2D eigenvalue weighted by Crippen LogP contribution is -2.39. The maximum Gasteiger partial charge on any atom is 0.262 e. The zero-order chi connectivity index (χ0) is 25.3. The van der Waals surface area contributed by atoms with Gasteiger partial charge in [-0.05, 0) is 35.7 Å². The van der Waals surface area contributed by atoms with E-state index in [-0.39, 0.29) is 16.6 Å². The molecule has 0 fully saturated rings. The molecule has 1 aliphatic rings. The van der Waals surface area contributed by atoms with Gasteiger partial charge in [-0.3, -0.25) is 14.7 Å². The number of amides is 1. The molecule has 10 nitrogen and oxygen atoms in total. The molecule has 0 bridgehead atoms. The smallest absolute Gasteiger partial charge is 0.262 e. The Balaban J connectivity index is 1.28. The largest absolute Gasteiger partial charge is 0.366 e. The number of sulfone groups is 1. The van der Waals surface area contributed by atoms with Gasteiger partial charge in [-0.15, -0.1) is 0 Å². The van der Waals surface area contributed by atoms with Gasteiger partial charge >= 0.3 is 0 Å². The summed E-state index contributed by atoms with van der Waals surface area (Å²) in [6.07, 6.45) is 5.90. The van der Waals surface area contributed by atoms with Gasteiger partial charge in [-0.1, -0.05) is 24.3 Å². The number of carbonyl (C=O) groups is 1. The van der Waals surface area contributed by atoms with E-state index in [9.17, 15) is 13.2 Å². The lowest BCUT2D eigenvalue weighted by atomic mass is 10.0. The zero-order valence-corrected chi connectivity index (χ0v) is 20.5. The Bertz CT molecular complexity index is 1560. The van der Waals surface area contributed by atoms with Crippen LogP contribution in [0.5, 0.6) is 0 Å². The van der Waals surface area contributed by atoms with Crippen LogP contribution in [0.2, 0.25) is 0 Å². The van der Waals surface area contributed by atoms with Gasteiger partial charge in [0.15, 0.2) is 0 Å². The van der Waals surface area contributed by atoms with Crippen LogP contribution in [-0.4, -0.2) is 52.0 Å². The number of benzene rings is 1. The van der Waals surface area contributed by atoms with Crippen LogP contribution in [0.4, 0.5) is 11.6 Å². The van der Waals surface area contributed by atoms with Gasteiger partial charge in [-0.2, -0.15) is 0 Å². The molecule has 5 rings (SSSR count). The van der Waals surface area contributed by atoms with Crippen molar-refractivity contribution in [3.05, 3.63) is 83.7 Å². The Morgan fingerprint density at radius 3 is 2.56 bits per heavy atom. The number of fused-ring (bicyclic) bond motifs is 1. The van der Waals surface area contributed by atoms with Crippen molar-refractivity contribution in [2.75, 3.05) is 23.0 Å². The van der Waals surface area contributed by atoms with Crippen LogP contribution < -0.4 is 10.2 Å². The predicted molar refractivity (Wildman–Crippen MR) is 134 cm³/mol. The van der Waals surface area contributed by atoms with Crippen molar-refractivity contribution in [1.29, 1.82) is 0 Å². The molecule has 1 N–H and O–H groups in total. The molecule has 0 unspecified atom stereocenters. The quantitative estimate of drug-likeness (QED) is 0.396. The van der Waals surface area contributed by atoms with E-state index in [1.165, 1.54) is 17.4 Å². The second-order valence-corrected chi connectivity index (χ2v) is 10.4. The van der Waals surface area contributed by atoms with E-state index >= 15 is 0 Å². The third-order valence-corrected chi connectivity index (χ3v) is 6.67. The number of nitrogens with one attached hydrogen (secondary N) is 1. The Hall–Kier alpha value is -4.25. The van der Waals surface area contributed by atoms with Crippen molar-refractivity contribution in [3.8, 4) is 11.1 Å². The maximum absolute atomic E-state index is 13.1. The van der Waals surface area contributed by atoms with E-state index < -0.39 is 9.84 Å². The van der Waals surface area contributed by atoms with E-state index in [2.05, 4.69) is 54.5 Å². The maximum atomic E-state index is 13.1. The number of aromatic nitrogens is 5. The van der Waals surface area contributed by atoms with Crippen molar-refractivity contribution in [3.63, 3.8) is 0 Å². The van der Waals surface area contributed by atoms with E-state index in [1.54, 1.807) is 12.3 Å². The molecule has 0 saturated carbocycles. The van der Waals surface area contributed by atoms with Crippen LogP contribution >= 0.6 is 0 Å². The lowest BCUT2D eigenvalue weighted by molar-refractivity contribution is 0.0978. The molecule has 4 aromatic rings. The monoisotopic (exact) mass is 501 g/mol. The van der Waals surface area contributed by atoms with Gasteiger partial charge in [0, 0.05) is 49.9 Å². The standard InChI is InChI=1S/C25H23N7O3S/c1-16-11-19(7-9-26-16)18-5-3-17(4-6-18)13-27-22-12-23(30-15-29-22)32-10-8-21-20(24(32)33)14-28-25(31-21)36(2,34)35/h3-7,9,11-12,14-15H,8,10,13H2,1-2H3,(H,27,29,30). The van der Waals surface area contributed by atoms with Gasteiger partial charge in [0.2, 0.25) is 15.0 Å². The van der Waals surface area contributed by atoms with Crippen LogP contribution in [-0.2, 0) is 22.8 Å². The number of aryl methyl sites for hydroxylation is 1. The number of anilines is 2. The fourth-order valence-electron chi connectivity index (χ4n) is 3.95. The van der Waals surface area contributed by atoms with E-state index in [0.717, 1.165) is 28.6 Å². The molecule has 11 heteroatoms. The fraction of sp³-hybridized carbons (Fsp3) is 0.200. The first kappa shape index (κ1) is 23.5. The van der Waals surface area contributed by atoms with Crippen molar-refractivity contribution in [1.82, 2.24) is 24.9 Å².